The summed E-state index contributed by atoms with van der Waals surface area (Å²) in [6.45, 7) is 6.82. The lowest BCUT2D eigenvalue weighted by Gasteiger charge is -2.10. The molecule has 0 radical (unpaired) electrons. The predicted octanol–water partition coefficient (Wildman–Crippen LogP) is 4.57. The van der Waals surface area contributed by atoms with Crippen LogP contribution in [0.15, 0.2) is 42.5 Å². The van der Waals surface area contributed by atoms with Gasteiger partial charge in [-0.15, -0.1) is 0 Å². The summed E-state index contributed by atoms with van der Waals surface area (Å²) in [5.74, 6) is -0.623. The van der Waals surface area contributed by atoms with Gasteiger partial charge < -0.3 is 14.6 Å². The minimum atomic E-state index is -0.433. The molecular weight excluding hydrogens is 340 g/mol. The van der Waals surface area contributed by atoms with Crippen LogP contribution in [0.2, 0.25) is 0 Å². The Balaban J connectivity index is 2.01. The number of carbonyl (C=O) groups excluding carboxylic acids is 2. The van der Waals surface area contributed by atoms with Crippen molar-refractivity contribution in [1.29, 1.82) is 0 Å². The third-order valence-corrected chi connectivity index (χ3v) is 4.86. The highest BCUT2D eigenvalue weighted by atomic mass is 16.5. The van der Waals surface area contributed by atoms with E-state index >= 15 is 0 Å². The van der Waals surface area contributed by atoms with Crippen molar-refractivity contribution in [1.82, 2.24) is 4.57 Å². The molecule has 3 rings (SSSR count). The van der Waals surface area contributed by atoms with Gasteiger partial charge in [-0.1, -0.05) is 19.1 Å². The number of esters is 1. The molecule has 27 heavy (non-hydrogen) atoms. The Labute approximate surface area is 158 Å². The van der Waals surface area contributed by atoms with Crippen molar-refractivity contribution >= 4 is 28.5 Å². The molecule has 1 heterocycles. The topological polar surface area (TPSA) is 60.3 Å². The number of rotatable bonds is 5. The summed E-state index contributed by atoms with van der Waals surface area (Å²) in [6, 6.07) is 13.1. The fraction of sp³-hybridized carbons (Fsp3) is 0.273. The van der Waals surface area contributed by atoms with Gasteiger partial charge in [0, 0.05) is 23.1 Å². The van der Waals surface area contributed by atoms with Crippen molar-refractivity contribution in [3.8, 4) is 0 Å². The van der Waals surface area contributed by atoms with E-state index in [0.717, 1.165) is 22.9 Å². The molecule has 0 aliphatic rings. The third kappa shape index (κ3) is 3.45. The zero-order valence-corrected chi connectivity index (χ0v) is 16.1. The standard InChI is InChI=1S/C22H24N2O3/c1-5-15-10-11-19-18(12-15)14(3)20(24(19)6-2)21(25)23-17-9-7-8-16(13-17)22(26)27-4/h7-13H,5-6H2,1-4H3,(H,23,25). The molecule has 0 atom stereocenters. The van der Waals surface area contributed by atoms with E-state index in [1.165, 1.54) is 12.7 Å². The first-order valence-corrected chi connectivity index (χ1v) is 9.11. The van der Waals surface area contributed by atoms with Crippen LogP contribution in [0.1, 0.15) is 45.8 Å². The van der Waals surface area contributed by atoms with Gasteiger partial charge in [-0.25, -0.2) is 4.79 Å². The van der Waals surface area contributed by atoms with Gasteiger partial charge in [-0.2, -0.15) is 0 Å². The highest BCUT2D eigenvalue weighted by molar-refractivity contribution is 6.08. The molecule has 2 aromatic carbocycles. The van der Waals surface area contributed by atoms with Crippen molar-refractivity contribution in [3.05, 3.63) is 64.8 Å². The number of amides is 1. The van der Waals surface area contributed by atoms with Gasteiger partial charge in [0.2, 0.25) is 0 Å². The summed E-state index contributed by atoms with van der Waals surface area (Å²) in [7, 11) is 1.33. The fourth-order valence-electron chi connectivity index (χ4n) is 3.44. The van der Waals surface area contributed by atoms with Gasteiger partial charge in [0.1, 0.15) is 5.69 Å². The minimum absolute atomic E-state index is 0.189. The van der Waals surface area contributed by atoms with E-state index in [0.29, 0.717) is 23.5 Å². The highest BCUT2D eigenvalue weighted by Gasteiger charge is 2.20. The number of hydrogen-bond donors (Lipinski definition) is 1. The van der Waals surface area contributed by atoms with Crippen LogP contribution >= 0.6 is 0 Å². The van der Waals surface area contributed by atoms with E-state index in [-0.39, 0.29) is 5.91 Å². The first-order chi connectivity index (χ1) is 13.0. The number of nitrogens with zero attached hydrogens (tertiary/aromatic N) is 1. The van der Waals surface area contributed by atoms with E-state index in [1.54, 1.807) is 24.3 Å². The number of methoxy groups -OCH3 is 1. The second-order valence-electron chi connectivity index (χ2n) is 6.45. The largest absolute Gasteiger partial charge is 0.465 e. The molecule has 1 aromatic heterocycles. The quantitative estimate of drug-likeness (QED) is 0.675. The van der Waals surface area contributed by atoms with Gasteiger partial charge in [-0.3, -0.25) is 4.79 Å². The molecule has 0 saturated carbocycles. The van der Waals surface area contributed by atoms with Crippen LogP contribution < -0.4 is 5.32 Å². The second kappa shape index (κ2) is 7.66. The summed E-state index contributed by atoms with van der Waals surface area (Å²) >= 11 is 0. The Kier molecular flexibility index (Phi) is 5.31. The maximum Gasteiger partial charge on any atom is 0.337 e. The lowest BCUT2D eigenvalue weighted by atomic mass is 10.1. The van der Waals surface area contributed by atoms with Crippen LogP contribution in [0.3, 0.4) is 0 Å². The van der Waals surface area contributed by atoms with Crippen molar-refractivity contribution in [3.63, 3.8) is 0 Å². The van der Waals surface area contributed by atoms with E-state index in [9.17, 15) is 9.59 Å². The molecule has 0 bridgehead atoms. The lowest BCUT2D eigenvalue weighted by molar-refractivity contribution is 0.0600. The number of benzene rings is 2. The number of ether oxygens (including phenoxy) is 1. The molecule has 0 aliphatic heterocycles. The average Bonchev–Trinajstić information content (AvgIpc) is 2.98. The molecule has 1 N–H and O–H groups in total. The maximum atomic E-state index is 13.0. The first kappa shape index (κ1) is 18.7. The smallest absolute Gasteiger partial charge is 0.337 e. The van der Waals surface area contributed by atoms with Gasteiger partial charge in [0.05, 0.1) is 12.7 Å². The predicted molar refractivity (Wildman–Crippen MR) is 107 cm³/mol. The Hall–Kier alpha value is -3.08. The summed E-state index contributed by atoms with van der Waals surface area (Å²) < 4.78 is 6.77. The molecule has 3 aromatic rings. The second-order valence-corrected chi connectivity index (χ2v) is 6.45. The molecule has 0 unspecified atom stereocenters. The Morgan fingerprint density at radius 3 is 2.56 bits per heavy atom. The van der Waals surface area contributed by atoms with Crippen LogP contribution in [0.5, 0.6) is 0 Å². The number of carbonyl (C=O) groups is 2. The Morgan fingerprint density at radius 1 is 1.11 bits per heavy atom. The van der Waals surface area contributed by atoms with E-state index < -0.39 is 5.97 Å². The Morgan fingerprint density at radius 2 is 1.89 bits per heavy atom. The minimum Gasteiger partial charge on any atom is -0.465 e. The van der Waals surface area contributed by atoms with Crippen LogP contribution in [-0.4, -0.2) is 23.6 Å². The zero-order valence-electron chi connectivity index (χ0n) is 16.1. The van der Waals surface area contributed by atoms with E-state index in [2.05, 4.69) is 30.4 Å². The van der Waals surface area contributed by atoms with Crippen molar-refractivity contribution in [2.24, 2.45) is 0 Å². The number of anilines is 1. The average molecular weight is 364 g/mol. The number of nitrogens with one attached hydrogen (secondary N) is 1. The van der Waals surface area contributed by atoms with Crippen molar-refractivity contribution in [2.75, 3.05) is 12.4 Å². The molecule has 140 valence electrons. The molecular formula is C22H24N2O3. The van der Waals surface area contributed by atoms with Crippen molar-refractivity contribution in [2.45, 2.75) is 33.7 Å². The number of hydrogen-bond acceptors (Lipinski definition) is 3. The van der Waals surface area contributed by atoms with Crippen molar-refractivity contribution < 1.29 is 14.3 Å². The maximum absolute atomic E-state index is 13.0. The third-order valence-electron chi connectivity index (χ3n) is 4.86. The monoisotopic (exact) mass is 364 g/mol. The molecule has 5 heteroatoms. The highest BCUT2D eigenvalue weighted by Crippen LogP contribution is 2.28. The normalized spacial score (nSPS) is 10.8. The number of fused-ring (bicyclic) bond motifs is 1. The zero-order chi connectivity index (χ0) is 19.6. The molecule has 0 fully saturated rings. The van der Waals surface area contributed by atoms with Crippen LogP contribution in [0, 0.1) is 6.92 Å². The summed E-state index contributed by atoms with van der Waals surface area (Å²) in [4.78, 5) is 24.8. The van der Waals surface area contributed by atoms with E-state index in [1.807, 2.05) is 18.4 Å². The summed E-state index contributed by atoms with van der Waals surface area (Å²) in [5.41, 5.74) is 4.87. The van der Waals surface area contributed by atoms with Crippen LogP contribution in [0.4, 0.5) is 5.69 Å². The molecule has 1 amide bonds. The van der Waals surface area contributed by atoms with Crippen LogP contribution in [0.25, 0.3) is 10.9 Å². The fourth-order valence-corrected chi connectivity index (χ4v) is 3.44. The Bertz CT molecular complexity index is 1020. The number of aromatic nitrogens is 1. The number of aryl methyl sites for hydroxylation is 3. The first-order valence-electron chi connectivity index (χ1n) is 9.11. The molecule has 0 aliphatic carbocycles. The van der Waals surface area contributed by atoms with Gasteiger partial charge in [0.25, 0.3) is 5.91 Å². The van der Waals surface area contributed by atoms with Gasteiger partial charge in [0.15, 0.2) is 0 Å². The van der Waals surface area contributed by atoms with E-state index in [4.69, 9.17) is 4.74 Å². The van der Waals surface area contributed by atoms with Gasteiger partial charge >= 0.3 is 5.97 Å². The van der Waals surface area contributed by atoms with Crippen LogP contribution in [-0.2, 0) is 17.7 Å². The molecule has 0 saturated heterocycles. The summed E-state index contributed by atoms with van der Waals surface area (Å²) in [5, 5.41) is 4.02. The summed E-state index contributed by atoms with van der Waals surface area (Å²) in [6.07, 6.45) is 0.953. The molecule has 0 spiro atoms. The lowest BCUT2D eigenvalue weighted by Crippen LogP contribution is -2.18. The van der Waals surface area contributed by atoms with Gasteiger partial charge in [-0.05, 0) is 61.7 Å². The SMILES string of the molecule is CCc1ccc2c(c1)c(C)c(C(=O)Nc1cccc(C(=O)OC)c1)n2CC. The molecule has 5 nitrogen and oxygen atoms in total.